The van der Waals surface area contributed by atoms with Gasteiger partial charge in [0.05, 0.1) is 60.9 Å². The van der Waals surface area contributed by atoms with Crippen LogP contribution in [0.3, 0.4) is 0 Å². The fraction of sp³-hybridized carbons (Fsp3) is 1.00. The summed E-state index contributed by atoms with van der Waals surface area (Å²) in [6.07, 6.45) is -7.90. The van der Waals surface area contributed by atoms with E-state index in [4.69, 9.17) is 18.9 Å². The summed E-state index contributed by atoms with van der Waals surface area (Å²) in [6.45, 7) is 1.38. The highest BCUT2D eigenvalue weighted by Crippen LogP contribution is 2.23. The molecule has 5 unspecified atom stereocenters. The second-order valence-electron chi connectivity index (χ2n) is 7.35. The van der Waals surface area contributed by atoms with Crippen molar-refractivity contribution in [2.45, 2.75) is 79.1 Å². The first-order valence-corrected chi connectivity index (χ1v) is 10.9. The lowest BCUT2D eigenvalue weighted by Gasteiger charge is -2.38. The maximum absolute atomic E-state index is 10.1. The number of aliphatic hydroxyl groups is 6. The number of rotatable bonds is 10. The third-order valence-electron chi connectivity index (χ3n) is 4.80. The first kappa shape index (κ1) is 25.5. The predicted molar refractivity (Wildman–Crippen MR) is 107 cm³/mol. The number of aliphatic hydroxyl groups excluding tert-OH is 6. The molecule has 11 nitrogen and oxygen atoms in total. The summed E-state index contributed by atoms with van der Waals surface area (Å²) >= 11 is 2.15. The maximum atomic E-state index is 10.1. The molecule has 9 atom stereocenters. The summed E-state index contributed by atoms with van der Waals surface area (Å²) in [5.41, 5.74) is 0. The first-order chi connectivity index (χ1) is 13.7. The predicted octanol–water partition coefficient (Wildman–Crippen LogP) is -2.58. The van der Waals surface area contributed by atoms with Crippen LogP contribution >= 0.6 is 22.6 Å². The monoisotopic (exact) mass is 537 g/mol. The van der Waals surface area contributed by atoms with Crippen LogP contribution in [0.2, 0.25) is 0 Å². The molecule has 0 amide bonds. The minimum Gasteiger partial charge on any atom is -0.394 e. The van der Waals surface area contributed by atoms with Gasteiger partial charge in [0.2, 0.25) is 0 Å². The Kier molecular flexibility index (Phi) is 10.9. The summed E-state index contributed by atoms with van der Waals surface area (Å²) < 4.78 is 22.2. The van der Waals surface area contributed by atoms with Crippen LogP contribution in [-0.4, -0.2) is 116 Å². The lowest BCUT2D eigenvalue weighted by molar-refractivity contribution is -0.282. The number of alkyl halides is 1. The minimum absolute atomic E-state index is 0.0331. The van der Waals surface area contributed by atoms with Gasteiger partial charge < -0.3 is 49.6 Å². The zero-order valence-electron chi connectivity index (χ0n) is 16.2. The van der Waals surface area contributed by atoms with Gasteiger partial charge in [0, 0.05) is 12.8 Å². The van der Waals surface area contributed by atoms with E-state index in [-0.39, 0.29) is 43.3 Å². The van der Waals surface area contributed by atoms with Crippen molar-refractivity contribution in [2.24, 2.45) is 0 Å². The Labute approximate surface area is 183 Å². The number of nitrogens with one attached hydrogen (secondary N) is 1. The normalized spacial score (nSPS) is 40.6. The molecule has 0 bridgehead atoms. The third kappa shape index (κ3) is 7.73. The molecule has 0 spiro atoms. The third-order valence-corrected chi connectivity index (χ3v) is 5.16. The molecule has 29 heavy (non-hydrogen) atoms. The fourth-order valence-corrected chi connectivity index (χ4v) is 3.74. The Morgan fingerprint density at radius 2 is 1.31 bits per heavy atom. The molecule has 12 heteroatoms. The molecule has 0 aromatic carbocycles. The summed E-state index contributed by atoms with van der Waals surface area (Å²) in [6, 6.07) is -0.396. The Morgan fingerprint density at radius 1 is 0.897 bits per heavy atom. The van der Waals surface area contributed by atoms with E-state index in [0.29, 0.717) is 0 Å². The van der Waals surface area contributed by atoms with Crippen molar-refractivity contribution in [3.05, 3.63) is 0 Å². The van der Waals surface area contributed by atoms with E-state index in [2.05, 4.69) is 27.9 Å². The van der Waals surface area contributed by atoms with Gasteiger partial charge in [0.1, 0.15) is 12.2 Å². The molecule has 2 saturated heterocycles. The van der Waals surface area contributed by atoms with Crippen molar-refractivity contribution < 1.29 is 49.6 Å². The highest BCUT2D eigenvalue weighted by molar-refractivity contribution is 14.1. The molecular weight excluding hydrogens is 505 g/mol. The second kappa shape index (κ2) is 12.4. The van der Waals surface area contributed by atoms with E-state index >= 15 is 0 Å². The zero-order valence-corrected chi connectivity index (χ0v) is 18.4. The standard InChI is InChI=1S/C17H32INO10/c1-8(18)19-9(6-26-16-14(24)12(22)2-10(4-20)28-16)7-27-17-15(25)13(23)3-11(5-21)29-17/h8-17,19-25H,2-7H2,1H3/t8?,9?,10?,11?,12-,13-,14-,15-,16?,17?/m0/s1. The van der Waals surface area contributed by atoms with Crippen LogP contribution in [0.5, 0.6) is 0 Å². The fourth-order valence-electron chi connectivity index (χ4n) is 3.23. The quantitative estimate of drug-likeness (QED) is 0.0888. The molecular formula is C17H32INO10. The largest absolute Gasteiger partial charge is 0.394 e. The summed E-state index contributed by atoms with van der Waals surface area (Å²) in [5, 5.41) is 61.6. The molecule has 2 fully saturated rings. The van der Waals surface area contributed by atoms with Gasteiger partial charge in [-0.15, -0.1) is 0 Å². The molecule has 172 valence electrons. The van der Waals surface area contributed by atoms with E-state index < -0.39 is 55.2 Å². The molecule has 0 aromatic heterocycles. The van der Waals surface area contributed by atoms with Gasteiger partial charge in [0.25, 0.3) is 0 Å². The van der Waals surface area contributed by atoms with Gasteiger partial charge in [-0.25, -0.2) is 0 Å². The lowest BCUT2D eigenvalue weighted by Crippen LogP contribution is -2.53. The van der Waals surface area contributed by atoms with Crippen molar-refractivity contribution in [3.8, 4) is 0 Å². The Balaban J connectivity index is 1.90. The van der Waals surface area contributed by atoms with Crippen molar-refractivity contribution in [2.75, 3.05) is 26.4 Å². The summed E-state index contributed by atoms with van der Waals surface area (Å²) in [4.78, 5) is 0. The Hall–Kier alpha value is 0.290. The molecule has 0 aromatic rings. The molecule has 0 radical (unpaired) electrons. The lowest BCUT2D eigenvalue weighted by atomic mass is 10.0. The molecule has 2 aliphatic heterocycles. The van der Waals surface area contributed by atoms with E-state index in [9.17, 15) is 30.6 Å². The van der Waals surface area contributed by atoms with Gasteiger partial charge in [-0.3, -0.25) is 5.32 Å². The van der Waals surface area contributed by atoms with Crippen LogP contribution in [0.25, 0.3) is 0 Å². The number of hydrogen-bond acceptors (Lipinski definition) is 11. The minimum atomic E-state index is -1.25. The van der Waals surface area contributed by atoms with Gasteiger partial charge in [-0.05, 0) is 6.92 Å². The van der Waals surface area contributed by atoms with Crippen molar-refractivity contribution in [3.63, 3.8) is 0 Å². The van der Waals surface area contributed by atoms with Crippen LogP contribution in [0.15, 0.2) is 0 Å². The average Bonchev–Trinajstić information content (AvgIpc) is 2.68. The smallest absolute Gasteiger partial charge is 0.186 e. The second-order valence-corrected chi connectivity index (χ2v) is 9.22. The topological polar surface area (TPSA) is 170 Å². The average molecular weight is 537 g/mol. The van der Waals surface area contributed by atoms with Crippen LogP contribution in [0.1, 0.15) is 19.8 Å². The van der Waals surface area contributed by atoms with Gasteiger partial charge in [0.15, 0.2) is 12.6 Å². The zero-order chi connectivity index (χ0) is 21.6. The van der Waals surface area contributed by atoms with Gasteiger partial charge in [-0.2, -0.15) is 0 Å². The highest BCUT2D eigenvalue weighted by Gasteiger charge is 2.39. The SMILES string of the molecule is CC(I)NC(COC1OC(CO)C[C@H](O)[C@@H]1O)COC1OC(CO)C[C@H](O)[C@@H]1O. The molecule has 0 aliphatic carbocycles. The summed E-state index contributed by atoms with van der Waals surface area (Å²) in [5.74, 6) is 0. The molecule has 2 aliphatic rings. The Morgan fingerprint density at radius 3 is 1.66 bits per heavy atom. The van der Waals surface area contributed by atoms with E-state index in [0.717, 1.165) is 0 Å². The molecule has 2 rings (SSSR count). The van der Waals surface area contributed by atoms with Crippen molar-refractivity contribution in [1.29, 1.82) is 0 Å². The van der Waals surface area contributed by atoms with Crippen LogP contribution in [-0.2, 0) is 18.9 Å². The summed E-state index contributed by atoms with van der Waals surface area (Å²) in [7, 11) is 0. The van der Waals surface area contributed by atoms with Crippen LogP contribution in [0.4, 0.5) is 0 Å². The number of ether oxygens (including phenoxy) is 4. The van der Waals surface area contributed by atoms with Crippen molar-refractivity contribution in [1.82, 2.24) is 5.32 Å². The van der Waals surface area contributed by atoms with Crippen molar-refractivity contribution >= 4 is 22.6 Å². The highest BCUT2D eigenvalue weighted by atomic mass is 127. The first-order valence-electron chi connectivity index (χ1n) is 9.63. The molecule has 2 heterocycles. The Bertz CT molecular complexity index is 439. The van der Waals surface area contributed by atoms with Crippen LogP contribution < -0.4 is 5.32 Å². The molecule has 0 saturated carbocycles. The maximum Gasteiger partial charge on any atom is 0.186 e. The van der Waals surface area contributed by atoms with E-state index in [1.807, 2.05) is 6.92 Å². The van der Waals surface area contributed by atoms with E-state index in [1.54, 1.807) is 0 Å². The van der Waals surface area contributed by atoms with E-state index in [1.165, 1.54) is 0 Å². The number of hydrogen-bond donors (Lipinski definition) is 7. The van der Waals surface area contributed by atoms with Crippen LogP contribution in [0, 0.1) is 0 Å². The van der Waals surface area contributed by atoms with Gasteiger partial charge in [-0.1, -0.05) is 22.6 Å². The van der Waals surface area contributed by atoms with Gasteiger partial charge >= 0.3 is 0 Å². The number of halogens is 1. The molecule has 7 N–H and O–H groups in total.